The maximum absolute atomic E-state index is 5.40. The van der Waals surface area contributed by atoms with Crippen LogP contribution in [-0.2, 0) is 0 Å². The zero-order valence-electron chi connectivity index (χ0n) is 8.35. The van der Waals surface area contributed by atoms with E-state index in [4.69, 9.17) is 6.42 Å². The number of benzene rings is 1. The third kappa shape index (κ3) is 1.58. The van der Waals surface area contributed by atoms with Gasteiger partial charge in [-0.15, -0.1) is 6.42 Å². The molecule has 0 N–H and O–H groups in total. The molecule has 0 radical (unpaired) electrons. The highest BCUT2D eigenvalue weighted by Crippen LogP contribution is 2.22. The Balaban J connectivity index is 2.60. The van der Waals surface area contributed by atoms with Crippen molar-refractivity contribution in [3.05, 3.63) is 54.7 Å². The standard InChI is InChI=1S/C14H11N/c1-3-13-10-11-14(15(13)4-2)12-8-6-5-7-9-12/h1,4-11H,2H2. The van der Waals surface area contributed by atoms with Gasteiger partial charge in [-0.1, -0.05) is 42.8 Å². The van der Waals surface area contributed by atoms with E-state index in [0.717, 1.165) is 17.0 Å². The molecule has 0 bridgehead atoms. The Labute approximate surface area is 89.7 Å². The van der Waals surface area contributed by atoms with Crippen LogP contribution in [0.2, 0.25) is 0 Å². The molecule has 0 atom stereocenters. The Kier molecular flexibility index (Phi) is 2.43. The Morgan fingerprint density at radius 2 is 1.87 bits per heavy atom. The van der Waals surface area contributed by atoms with E-state index in [0.29, 0.717) is 0 Å². The lowest BCUT2D eigenvalue weighted by atomic mass is 10.1. The Morgan fingerprint density at radius 3 is 2.47 bits per heavy atom. The summed E-state index contributed by atoms with van der Waals surface area (Å²) in [6.07, 6.45) is 7.13. The Morgan fingerprint density at radius 1 is 1.13 bits per heavy atom. The predicted octanol–water partition coefficient (Wildman–Crippen LogP) is 3.24. The topological polar surface area (TPSA) is 4.93 Å². The molecule has 0 amide bonds. The summed E-state index contributed by atoms with van der Waals surface area (Å²) in [6.45, 7) is 3.77. The van der Waals surface area contributed by atoms with Crippen LogP contribution in [0.1, 0.15) is 5.69 Å². The van der Waals surface area contributed by atoms with Gasteiger partial charge in [-0.3, -0.25) is 0 Å². The van der Waals surface area contributed by atoms with Crippen molar-refractivity contribution in [3.63, 3.8) is 0 Å². The van der Waals surface area contributed by atoms with Crippen molar-refractivity contribution in [1.29, 1.82) is 0 Å². The van der Waals surface area contributed by atoms with Crippen LogP contribution in [0.25, 0.3) is 17.5 Å². The second kappa shape index (κ2) is 3.89. The third-order valence-electron chi connectivity index (χ3n) is 2.32. The highest BCUT2D eigenvalue weighted by Gasteiger charge is 2.04. The maximum atomic E-state index is 5.40. The Bertz CT molecular complexity index is 512. The minimum Gasteiger partial charge on any atom is -0.310 e. The van der Waals surface area contributed by atoms with Gasteiger partial charge >= 0.3 is 0 Å². The van der Waals surface area contributed by atoms with Crippen LogP contribution >= 0.6 is 0 Å². The van der Waals surface area contributed by atoms with Gasteiger partial charge in [0.2, 0.25) is 0 Å². The van der Waals surface area contributed by atoms with E-state index >= 15 is 0 Å². The summed E-state index contributed by atoms with van der Waals surface area (Å²) in [5.74, 6) is 2.63. The number of hydrogen-bond acceptors (Lipinski definition) is 0. The molecule has 1 heteroatoms. The molecule has 15 heavy (non-hydrogen) atoms. The van der Waals surface area contributed by atoms with Crippen LogP contribution in [0.3, 0.4) is 0 Å². The fourth-order valence-electron chi connectivity index (χ4n) is 1.61. The van der Waals surface area contributed by atoms with Crippen LogP contribution in [-0.4, -0.2) is 4.57 Å². The largest absolute Gasteiger partial charge is 0.310 e. The molecule has 0 saturated carbocycles. The van der Waals surface area contributed by atoms with Gasteiger partial charge in [0.1, 0.15) is 0 Å². The monoisotopic (exact) mass is 193 g/mol. The normalized spacial score (nSPS) is 9.53. The fraction of sp³-hybridized carbons (Fsp3) is 0. The van der Waals surface area contributed by atoms with Gasteiger partial charge in [0.15, 0.2) is 0 Å². The molecule has 1 heterocycles. The number of rotatable bonds is 2. The summed E-state index contributed by atoms with van der Waals surface area (Å²) < 4.78 is 1.91. The van der Waals surface area contributed by atoms with Crippen LogP contribution in [0.15, 0.2) is 49.0 Å². The lowest BCUT2D eigenvalue weighted by molar-refractivity contribution is 1.15. The van der Waals surface area contributed by atoms with Gasteiger partial charge in [0.05, 0.1) is 11.4 Å². The van der Waals surface area contributed by atoms with Crippen molar-refractivity contribution in [3.8, 4) is 23.6 Å². The van der Waals surface area contributed by atoms with E-state index in [1.165, 1.54) is 0 Å². The summed E-state index contributed by atoms with van der Waals surface area (Å²) in [7, 11) is 0. The third-order valence-corrected chi connectivity index (χ3v) is 2.32. The molecule has 1 aromatic carbocycles. The molecule has 0 aliphatic heterocycles. The van der Waals surface area contributed by atoms with Gasteiger partial charge in [0.25, 0.3) is 0 Å². The number of hydrogen-bond donors (Lipinski definition) is 0. The molecule has 0 unspecified atom stereocenters. The molecular weight excluding hydrogens is 182 g/mol. The SMILES string of the molecule is C#Cc1ccc(-c2ccccc2)n1C=C. The molecule has 1 nitrogen and oxygen atoms in total. The van der Waals surface area contributed by atoms with Crippen molar-refractivity contribution in [2.24, 2.45) is 0 Å². The minimum atomic E-state index is 0.823. The second-order valence-corrected chi connectivity index (χ2v) is 3.17. The fourth-order valence-corrected chi connectivity index (χ4v) is 1.61. The highest BCUT2D eigenvalue weighted by atomic mass is 15.0. The first-order chi connectivity index (χ1) is 7.36. The van der Waals surface area contributed by atoms with Crippen molar-refractivity contribution in [2.45, 2.75) is 0 Å². The number of aromatic nitrogens is 1. The molecule has 2 aromatic rings. The molecule has 0 aliphatic rings. The van der Waals surface area contributed by atoms with Gasteiger partial charge < -0.3 is 4.57 Å². The van der Waals surface area contributed by atoms with E-state index in [2.05, 4.69) is 24.6 Å². The van der Waals surface area contributed by atoms with Gasteiger partial charge in [0, 0.05) is 6.20 Å². The van der Waals surface area contributed by atoms with Crippen molar-refractivity contribution in [2.75, 3.05) is 0 Å². The average Bonchev–Trinajstić information content (AvgIpc) is 2.72. The first kappa shape index (κ1) is 9.36. The highest BCUT2D eigenvalue weighted by molar-refractivity contribution is 5.64. The summed E-state index contributed by atoms with van der Waals surface area (Å²) in [4.78, 5) is 0. The molecule has 0 spiro atoms. The van der Waals surface area contributed by atoms with Crippen LogP contribution < -0.4 is 0 Å². The van der Waals surface area contributed by atoms with E-state index in [9.17, 15) is 0 Å². The van der Waals surface area contributed by atoms with E-state index in [1.54, 1.807) is 6.20 Å². The summed E-state index contributed by atoms with van der Waals surface area (Å²) in [5.41, 5.74) is 3.03. The van der Waals surface area contributed by atoms with E-state index in [-0.39, 0.29) is 0 Å². The van der Waals surface area contributed by atoms with Crippen LogP contribution in [0.4, 0.5) is 0 Å². The summed E-state index contributed by atoms with van der Waals surface area (Å²) in [6, 6.07) is 14.0. The lowest BCUT2D eigenvalue weighted by Gasteiger charge is -2.04. The molecule has 0 fully saturated rings. The molecule has 2 rings (SSSR count). The first-order valence-electron chi connectivity index (χ1n) is 4.72. The minimum absolute atomic E-state index is 0.823. The maximum Gasteiger partial charge on any atom is 0.0962 e. The quantitative estimate of drug-likeness (QED) is 0.645. The zero-order chi connectivity index (χ0) is 10.7. The van der Waals surface area contributed by atoms with Crippen molar-refractivity contribution >= 4 is 6.20 Å². The van der Waals surface area contributed by atoms with Crippen molar-refractivity contribution in [1.82, 2.24) is 4.57 Å². The van der Waals surface area contributed by atoms with E-state index in [1.807, 2.05) is 34.9 Å². The van der Waals surface area contributed by atoms with Crippen LogP contribution in [0.5, 0.6) is 0 Å². The van der Waals surface area contributed by atoms with Gasteiger partial charge in [-0.05, 0) is 17.7 Å². The lowest BCUT2D eigenvalue weighted by Crippen LogP contribution is -1.92. The molecule has 72 valence electrons. The Hall–Kier alpha value is -2.20. The number of terminal acetylenes is 1. The second-order valence-electron chi connectivity index (χ2n) is 3.17. The number of nitrogens with zero attached hydrogens (tertiary/aromatic N) is 1. The van der Waals surface area contributed by atoms with E-state index < -0.39 is 0 Å². The molecular formula is C14H11N. The smallest absolute Gasteiger partial charge is 0.0962 e. The van der Waals surface area contributed by atoms with Gasteiger partial charge in [-0.25, -0.2) is 0 Å². The summed E-state index contributed by atoms with van der Waals surface area (Å²) in [5, 5.41) is 0. The molecule has 0 saturated heterocycles. The van der Waals surface area contributed by atoms with Crippen LogP contribution in [0, 0.1) is 12.3 Å². The van der Waals surface area contributed by atoms with Gasteiger partial charge in [-0.2, -0.15) is 0 Å². The average molecular weight is 193 g/mol. The zero-order valence-corrected chi connectivity index (χ0v) is 8.35. The molecule has 0 aliphatic carbocycles. The predicted molar refractivity (Wildman–Crippen MR) is 64.2 cm³/mol. The van der Waals surface area contributed by atoms with Crippen molar-refractivity contribution < 1.29 is 0 Å². The first-order valence-corrected chi connectivity index (χ1v) is 4.72. The summed E-state index contributed by atoms with van der Waals surface area (Å²) >= 11 is 0. The molecule has 1 aromatic heterocycles.